The highest BCUT2D eigenvalue weighted by atomic mass is 16.3. The second kappa shape index (κ2) is 6.14. The first-order chi connectivity index (χ1) is 12.5. The molecule has 4 atom stereocenters. The Balaban J connectivity index is 1.61. The van der Waals surface area contributed by atoms with Crippen LogP contribution in [0, 0.1) is 25.2 Å². The fraction of sp³-hybridized carbons (Fsp3) is 0.450. The first-order valence-electron chi connectivity index (χ1n) is 8.93. The van der Waals surface area contributed by atoms with Gasteiger partial charge in [0.1, 0.15) is 11.5 Å². The van der Waals surface area contributed by atoms with E-state index in [1.165, 1.54) is 0 Å². The van der Waals surface area contributed by atoms with Crippen molar-refractivity contribution in [2.24, 2.45) is 11.3 Å². The zero-order valence-corrected chi connectivity index (χ0v) is 15.0. The van der Waals surface area contributed by atoms with Gasteiger partial charge < -0.3 is 15.1 Å². The van der Waals surface area contributed by atoms with E-state index in [9.17, 15) is 15.0 Å². The third-order valence-corrected chi connectivity index (χ3v) is 5.87. The van der Waals surface area contributed by atoms with Gasteiger partial charge in [-0.15, -0.1) is 0 Å². The van der Waals surface area contributed by atoms with E-state index in [-0.39, 0.29) is 30.9 Å². The maximum atomic E-state index is 12.9. The summed E-state index contributed by atoms with van der Waals surface area (Å²) in [5, 5.41) is 20.7. The van der Waals surface area contributed by atoms with Gasteiger partial charge in [-0.1, -0.05) is 30.3 Å². The van der Waals surface area contributed by atoms with Crippen molar-refractivity contribution in [3.05, 3.63) is 59.2 Å². The summed E-state index contributed by atoms with van der Waals surface area (Å²) in [6.07, 6.45) is -0.655. The van der Waals surface area contributed by atoms with Crippen LogP contribution in [0.1, 0.15) is 33.5 Å². The van der Waals surface area contributed by atoms with Gasteiger partial charge in [0.05, 0.1) is 6.10 Å². The topological polar surface area (TPSA) is 86.6 Å². The van der Waals surface area contributed by atoms with Gasteiger partial charge in [0, 0.05) is 30.8 Å². The number of β-amino-alcohol motifs (C(OH)–C–C–N with tert-alkyl or cyclic N) is 1. The van der Waals surface area contributed by atoms with Crippen molar-refractivity contribution in [2.75, 3.05) is 19.7 Å². The molecule has 1 aliphatic heterocycles. The molecule has 1 aromatic carbocycles. The number of carbonyl (C=O) groups excluding carboxylic acids is 1. The lowest BCUT2D eigenvalue weighted by molar-refractivity contribution is 0.0757. The second-order valence-corrected chi connectivity index (χ2v) is 7.43. The van der Waals surface area contributed by atoms with E-state index >= 15 is 0 Å². The van der Waals surface area contributed by atoms with Gasteiger partial charge in [0.25, 0.3) is 5.91 Å². The number of likely N-dealkylation sites (tertiary alicyclic amines) is 1. The summed E-state index contributed by atoms with van der Waals surface area (Å²) in [6.45, 7) is 4.29. The molecule has 1 amide bonds. The van der Waals surface area contributed by atoms with Gasteiger partial charge in [-0.2, -0.15) is 0 Å². The normalized spacial score (nSPS) is 30.0. The average molecular weight is 353 g/mol. The molecule has 0 bridgehead atoms. The van der Waals surface area contributed by atoms with Crippen molar-refractivity contribution in [3.8, 4) is 0 Å². The molecule has 2 fully saturated rings. The molecular weight excluding hydrogens is 330 g/mol. The van der Waals surface area contributed by atoms with Crippen LogP contribution in [0.4, 0.5) is 0 Å². The Bertz CT molecular complexity index is 821. The number of nitrogens with zero attached hydrogens (tertiary/aromatic N) is 3. The number of hydrogen-bond donors (Lipinski definition) is 2. The summed E-state index contributed by atoms with van der Waals surface area (Å²) in [4.78, 5) is 23.0. The van der Waals surface area contributed by atoms with Gasteiger partial charge in [-0.25, -0.2) is 9.97 Å². The predicted molar refractivity (Wildman–Crippen MR) is 95.6 cm³/mol. The van der Waals surface area contributed by atoms with Gasteiger partial charge in [-0.3, -0.25) is 4.79 Å². The van der Waals surface area contributed by atoms with Crippen molar-refractivity contribution in [1.82, 2.24) is 14.9 Å². The minimum atomic E-state index is -0.655. The lowest BCUT2D eigenvalue weighted by atomic mass is 9.95. The number of benzene rings is 1. The van der Waals surface area contributed by atoms with E-state index in [0.717, 1.165) is 11.3 Å². The minimum Gasteiger partial charge on any atom is -0.396 e. The Labute approximate surface area is 152 Å². The van der Waals surface area contributed by atoms with Gasteiger partial charge in [0.15, 0.2) is 0 Å². The zero-order valence-electron chi connectivity index (χ0n) is 15.0. The van der Waals surface area contributed by atoms with E-state index in [1.54, 1.807) is 17.9 Å². The van der Waals surface area contributed by atoms with Crippen LogP contribution in [-0.4, -0.2) is 56.8 Å². The Morgan fingerprint density at radius 3 is 2.65 bits per heavy atom. The van der Waals surface area contributed by atoms with Crippen LogP contribution in [0.3, 0.4) is 0 Å². The number of carbonyl (C=O) groups is 1. The predicted octanol–water partition coefficient (Wildman–Crippen LogP) is 1.30. The van der Waals surface area contributed by atoms with Crippen molar-refractivity contribution in [1.29, 1.82) is 0 Å². The van der Waals surface area contributed by atoms with Crippen LogP contribution < -0.4 is 0 Å². The van der Waals surface area contributed by atoms with Crippen LogP contribution in [0.25, 0.3) is 0 Å². The molecule has 6 heteroatoms. The zero-order chi connectivity index (χ0) is 18.5. The number of hydrogen-bond acceptors (Lipinski definition) is 5. The van der Waals surface area contributed by atoms with Crippen LogP contribution in [0.15, 0.2) is 36.4 Å². The summed E-state index contributed by atoms with van der Waals surface area (Å²) in [5.74, 6) is 0.400. The van der Waals surface area contributed by atoms with Crippen LogP contribution in [-0.2, 0) is 0 Å². The molecule has 0 unspecified atom stereocenters. The molecule has 1 aromatic heterocycles. The van der Waals surface area contributed by atoms with E-state index in [2.05, 4.69) is 9.97 Å². The first kappa shape index (κ1) is 17.1. The van der Waals surface area contributed by atoms with Crippen molar-refractivity contribution < 1.29 is 15.0 Å². The van der Waals surface area contributed by atoms with E-state index in [0.29, 0.717) is 18.1 Å². The summed E-state index contributed by atoms with van der Waals surface area (Å²) in [6, 6.07) is 11.6. The quantitative estimate of drug-likeness (QED) is 0.869. The van der Waals surface area contributed by atoms with E-state index in [1.807, 2.05) is 37.3 Å². The molecule has 2 N–H and O–H groups in total. The number of aromatic nitrogens is 2. The lowest BCUT2D eigenvalue weighted by Gasteiger charge is -2.16. The fourth-order valence-electron chi connectivity index (χ4n) is 4.71. The molecule has 1 saturated heterocycles. The molecule has 1 spiro atoms. The Hall–Kier alpha value is -2.31. The molecular formula is C20H23N3O3. The molecule has 1 aliphatic carbocycles. The van der Waals surface area contributed by atoms with Crippen LogP contribution in [0.5, 0.6) is 0 Å². The molecule has 4 rings (SSSR count). The van der Waals surface area contributed by atoms with Crippen molar-refractivity contribution >= 4 is 5.91 Å². The highest BCUT2D eigenvalue weighted by Crippen LogP contribution is 2.68. The number of amides is 1. The molecule has 136 valence electrons. The lowest BCUT2D eigenvalue weighted by Crippen LogP contribution is -2.30. The van der Waals surface area contributed by atoms with Crippen LogP contribution >= 0.6 is 0 Å². The molecule has 0 radical (unpaired) electrons. The summed E-state index contributed by atoms with van der Waals surface area (Å²) >= 11 is 0. The molecule has 6 nitrogen and oxygen atoms in total. The molecule has 2 aromatic rings. The molecule has 26 heavy (non-hydrogen) atoms. The monoisotopic (exact) mass is 353 g/mol. The Kier molecular flexibility index (Phi) is 4.04. The second-order valence-electron chi connectivity index (χ2n) is 7.43. The number of aryl methyl sites for hydroxylation is 2. The maximum Gasteiger partial charge on any atom is 0.272 e. The van der Waals surface area contributed by atoms with E-state index in [4.69, 9.17) is 0 Å². The number of aliphatic hydroxyl groups excluding tert-OH is 2. The summed E-state index contributed by atoms with van der Waals surface area (Å²) in [5.41, 5.74) is 1.74. The third kappa shape index (κ3) is 2.52. The van der Waals surface area contributed by atoms with E-state index < -0.39 is 11.5 Å². The van der Waals surface area contributed by atoms with Gasteiger partial charge in [-0.05, 0) is 37.3 Å². The largest absolute Gasteiger partial charge is 0.396 e. The molecule has 2 aliphatic rings. The van der Waals surface area contributed by atoms with Gasteiger partial charge >= 0.3 is 0 Å². The van der Waals surface area contributed by atoms with Crippen molar-refractivity contribution in [3.63, 3.8) is 0 Å². The highest BCUT2D eigenvalue weighted by Gasteiger charge is 2.71. The highest BCUT2D eigenvalue weighted by molar-refractivity contribution is 5.92. The van der Waals surface area contributed by atoms with Crippen molar-refractivity contribution in [2.45, 2.75) is 25.9 Å². The average Bonchev–Trinajstić information content (AvgIpc) is 3.16. The fourth-order valence-corrected chi connectivity index (χ4v) is 4.71. The molecule has 1 saturated carbocycles. The minimum absolute atomic E-state index is 0.00434. The SMILES string of the molecule is Cc1cc(C(=O)N2C[C@H](O)[C@@]3(C2)[C@H](CO)[C@H]3c2ccccc2)nc(C)n1. The summed E-state index contributed by atoms with van der Waals surface area (Å²) in [7, 11) is 0. The first-order valence-corrected chi connectivity index (χ1v) is 8.93. The molecule has 2 heterocycles. The standard InChI is InChI=1S/C20H23N3O3/c1-12-8-16(22-13(2)21-12)19(26)23-9-17(25)20(11-23)15(10-24)18(20)14-6-4-3-5-7-14/h3-8,15,17-18,24-25H,9-11H2,1-2H3/t15-,17+,18-,20-/m1/s1. The van der Waals surface area contributed by atoms with Gasteiger partial charge in [0.2, 0.25) is 0 Å². The number of rotatable bonds is 3. The number of aliphatic hydroxyl groups is 2. The summed E-state index contributed by atoms with van der Waals surface area (Å²) < 4.78 is 0. The smallest absolute Gasteiger partial charge is 0.272 e. The Morgan fingerprint density at radius 2 is 2.00 bits per heavy atom. The third-order valence-electron chi connectivity index (χ3n) is 5.87. The maximum absolute atomic E-state index is 12.9. The Morgan fingerprint density at radius 1 is 1.27 bits per heavy atom. The van der Waals surface area contributed by atoms with Crippen LogP contribution in [0.2, 0.25) is 0 Å².